The summed E-state index contributed by atoms with van der Waals surface area (Å²) in [4.78, 5) is 0. The van der Waals surface area contributed by atoms with Crippen molar-refractivity contribution in [2.45, 2.75) is 13.0 Å². The average Bonchev–Trinajstić information content (AvgIpc) is 3.04. The Kier molecular flexibility index (Phi) is 4.51. The minimum Gasteiger partial charge on any atom is -0.396 e. The van der Waals surface area contributed by atoms with Gasteiger partial charge in [-0.1, -0.05) is 30.3 Å². The second kappa shape index (κ2) is 6.91. The summed E-state index contributed by atoms with van der Waals surface area (Å²) in [5.74, 6) is 0. The number of aliphatic hydroxyl groups excluding tert-OH is 1. The van der Waals surface area contributed by atoms with Crippen LogP contribution in [-0.4, -0.2) is 21.5 Å². The van der Waals surface area contributed by atoms with Gasteiger partial charge in [0.15, 0.2) is 0 Å². The smallest absolute Gasteiger partial charge is 0.0819 e. The molecule has 3 rings (SSSR count). The number of para-hydroxylation sites is 1. The summed E-state index contributed by atoms with van der Waals surface area (Å²) in [7, 11) is 0. The van der Waals surface area contributed by atoms with Gasteiger partial charge >= 0.3 is 0 Å². The summed E-state index contributed by atoms with van der Waals surface area (Å²) in [5.41, 5.74) is 4.24. The van der Waals surface area contributed by atoms with Gasteiger partial charge in [-0.25, -0.2) is 4.68 Å². The van der Waals surface area contributed by atoms with Gasteiger partial charge in [-0.15, -0.1) is 0 Å². The molecule has 0 bridgehead atoms. The van der Waals surface area contributed by atoms with E-state index in [9.17, 15) is 0 Å². The molecule has 0 radical (unpaired) electrons. The second-order valence-corrected chi connectivity index (χ2v) is 5.11. The molecule has 3 aromatic rings. The molecule has 0 amide bonds. The number of aliphatic hydroxyl groups is 1. The fourth-order valence-corrected chi connectivity index (χ4v) is 2.29. The highest BCUT2D eigenvalue weighted by Gasteiger charge is 2.01. The van der Waals surface area contributed by atoms with Gasteiger partial charge in [0.25, 0.3) is 0 Å². The van der Waals surface area contributed by atoms with Crippen molar-refractivity contribution in [3.8, 4) is 5.69 Å². The highest BCUT2D eigenvalue weighted by atomic mass is 16.2. The molecule has 0 aliphatic carbocycles. The summed E-state index contributed by atoms with van der Waals surface area (Å²) in [6.07, 6.45) is 2.67. The Bertz CT molecular complexity index is 705. The molecule has 1 aromatic heterocycles. The van der Waals surface area contributed by atoms with E-state index in [1.807, 2.05) is 71.5 Å². The Morgan fingerprint density at radius 1 is 0.955 bits per heavy atom. The third kappa shape index (κ3) is 3.54. The van der Waals surface area contributed by atoms with Crippen LogP contribution in [0.3, 0.4) is 0 Å². The van der Waals surface area contributed by atoms with Crippen molar-refractivity contribution in [2.75, 3.05) is 11.9 Å². The Balaban J connectivity index is 1.61. The summed E-state index contributed by atoms with van der Waals surface area (Å²) >= 11 is 0. The van der Waals surface area contributed by atoms with Crippen molar-refractivity contribution in [2.24, 2.45) is 0 Å². The first-order valence-electron chi connectivity index (χ1n) is 7.39. The fourth-order valence-electron chi connectivity index (χ4n) is 2.29. The van der Waals surface area contributed by atoms with Gasteiger partial charge in [0.2, 0.25) is 0 Å². The molecule has 112 valence electrons. The topological polar surface area (TPSA) is 50.1 Å². The van der Waals surface area contributed by atoms with Crippen LogP contribution in [0, 0.1) is 0 Å². The monoisotopic (exact) mass is 293 g/mol. The number of benzene rings is 2. The van der Waals surface area contributed by atoms with Crippen molar-refractivity contribution in [3.63, 3.8) is 0 Å². The van der Waals surface area contributed by atoms with E-state index in [1.165, 1.54) is 0 Å². The lowest BCUT2D eigenvalue weighted by molar-refractivity contribution is 0.299. The molecule has 2 N–H and O–H groups in total. The van der Waals surface area contributed by atoms with Crippen LogP contribution in [0.25, 0.3) is 5.69 Å². The van der Waals surface area contributed by atoms with E-state index in [1.54, 1.807) is 0 Å². The van der Waals surface area contributed by atoms with Gasteiger partial charge in [0.1, 0.15) is 0 Å². The SMILES string of the molecule is OCCc1ccc(NCc2ccn(-c3ccccc3)n2)cc1. The number of nitrogens with zero attached hydrogens (tertiary/aromatic N) is 2. The van der Waals surface area contributed by atoms with E-state index in [4.69, 9.17) is 5.11 Å². The quantitative estimate of drug-likeness (QED) is 0.734. The number of rotatable bonds is 6. The zero-order chi connectivity index (χ0) is 15.2. The van der Waals surface area contributed by atoms with Gasteiger partial charge < -0.3 is 10.4 Å². The van der Waals surface area contributed by atoms with E-state index in [0.717, 1.165) is 22.6 Å². The first-order valence-corrected chi connectivity index (χ1v) is 7.39. The number of hydrogen-bond acceptors (Lipinski definition) is 3. The van der Waals surface area contributed by atoms with Crippen LogP contribution < -0.4 is 5.32 Å². The lowest BCUT2D eigenvalue weighted by Gasteiger charge is -2.06. The van der Waals surface area contributed by atoms with Crippen LogP contribution in [0.5, 0.6) is 0 Å². The van der Waals surface area contributed by atoms with Crippen LogP contribution in [0.4, 0.5) is 5.69 Å². The predicted octanol–water partition coefficient (Wildman–Crippen LogP) is 3.02. The van der Waals surface area contributed by atoms with Crippen LogP contribution in [0.2, 0.25) is 0 Å². The molecule has 0 aliphatic rings. The largest absolute Gasteiger partial charge is 0.396 e. The minimum absolute atomic E-state index is 0.184. The third-order valence-corrected chi connectivity index (χ3v) is 3.49. The molecule has 2 aromatic carbocycles. The van der Waals surface area contributed by atoms with Gasteiger partial charge in [-0.2, -0.15) is 5.10 Å². The molecule has 4 heteroatoms. The summed E-state index contributed by atoms with van der Waals surface area (Å²) in [6, 6.07) is 20.2. The second-order valence-electron chi connectivity index (χ2n) is 5.11. The molecule has 1 heterocycles. The van der Waals surface area contributed by atoms with E-state index in [2.05, 4.69) is 10.4 Å². The van der Waals surface area contributed by atoms with Crippen LogP contribution >= 0.6 is 0 Å². The van der Waals surface area contributed by atoms with Crippen LogP contribution in [0.1, 0.15) is 11.3 Å². The minimum atomic E-state index is 0.184. The number of nitrogens with one attached hydrogen (secondary N) is 1. The van der Waals surface area contributed by atoms with Gasteiger partial charge in [0, 0.05) is 18.5 Å². The maximum absolute atomic E-state index is 8.91. The molecule has 0 aliphatic heterocycles. The number of anilines is 1. The van der Waals surface area contributed by atoms with Gasteiger partial charge in [0.05, 0.1) is 17.9 Å². The van der Waals surface area contributed by atoms with Crippen molar-refractivity contribution < 1.29 is 5.11 Å². The van der Waals surface area contributed by atoms with Crippen molar-refractivity contribution in [3.05, 3.63) is 78.1 Å². The van der Waals surface area contributed by atoms with Crippen LogP contribution in [0.15, 0.2) is 66.9 Å². The number of aromatic nitrogens is 2. The van der Waals surface area contributed by atoms with E-state index < -0.39 is 0 Å². The zero-order valence-corrected chi connectivity index (χ0v) is 12.3. The molecule has 0 unspecified atom stereocenters. The fraction of sp³-hybridized carbons (Fsp3) is 0.167. The molecular formula is C18H19N3O. The lowest BCUT2D eigenvalue weighted by Crippen LogP contribution is -2.02. The van der Waals surface area contributed by atoms with E-state index in [0.29, 0.717) is 13.0 Å². The van der Waals surface area contributed by atoms with Crippen molar-refractivity contribution in [1.29, 1.82) is 0 Å². The number of hydrogen-bond donors (Lipinski definition) is 2. The Morgan fingerprint density at radius 3 is 2.45 bits per heavy atom. The highest BCUT2D eigenvalue weighted by Crippen LogP contribution is 2.12. The maximum Gasteiger partial charge on any atom is 0.0819 e. The summed E-state index contributed by atoms with van der Waals surface area (Å²) in [5, 5.41) is 16.8. The standard InChI is InChI=1S/C18H19N3O/c22-13-11-15-6-8-16(9-7-15)19-14-17-10-12-21(20-17)18-4-2-1-3-5-18/h1-10,12,19,22H,11,13-14H2. The zero-order valence-electron chi connectivity index (χ0n) is 12.3. The lowest BCUT2D eigenvalue weighted by atomic mass is 10.1. The third-order valence-electron chi connectivity index (χ3n) is 3.49. The highest BCUT2D eigenvalue weighted by molar-refractivity contribution is 5.45. The van der Waals surface area contributed by atoms with E-state index in [-0.39, 0.29) is 6.61 Å². The molecule has 0 fully saturated rings. The maximum atomic E-state index is 8.91. The molecule has 0 saturated heterocycles. The van der Waals surface area contributed by atoms with Gasteiger partial charge in [-0.3, -0.25) is 0 Å². The predicted molar refractivity (Wildman–Crippen MR) is 88.1 cm³/mol. The molecule has 0 spiro atoms. The van der Waals surface area contributed by atoms with E-state index >= 15 is 0 Å². The average molecular weight is 293 g/mol. The van der Waals surface area contributed by atoms with Crippen LogP contribution in [-0.2, 0) is 13.0 Å². The Hall–Kier alpha value is -2.59. The summed E-state index contributed by atoms with van der Waals surface area (Å²) in [6.45, 7) is 0.864. The first kappa shape index (κ1) is 14.4. The van der Waals surface area contributed by atoms with Gasteiger partial charge in [-0.05, 0) is 42.3 Å². The molecular weight excluding hydrogens is 274 g/mol. The molecule has 4 nitrogen and oxygen atoms in total. The molecule has 22 heavy (non-hydrogen) atoms. The molecule has 0 atom stereocenters. The molecule has 0 saturated carbocycles. The normalized spacial score (nSPS) is 10.6. The first-order chi connectivity index (χ1) is 10.8. The van der Waals surface area contributed by atoms with Crippen molar-refractivity contribution in [1.82, 2.24) is 9.78 Å². The summed E-state index contributed by atoms with van der Waals surface area (Å²) < 4.78 is 1.88. The Morgan fingerprint density at radius 2 is 1.73 bits per heavy atom. The Labute approximate surface area is 130 Å². The van der Waals surface area contributed by atoms with Crippen molar-refractivity contribution >= 4 is 5.69 Å².